The molecule has 0 fully saturated rings. The summed E-state index contributed by atoms with van der Waals surface area (Å²) in [5.41, 5.74) is 0. The molecule has 1 unspecified atom stereocenters. The fourth-order valence-corrected chi connectivity index (χ4v) is 0.787. The molecular weight excluding hydrogens is 194 g/mol. The lowest BCUT2D eigenvalue weighted by atomic mass is 10.2. The van der Waals surface area contributed by atoms with Gasteiger partial charge in [0.1, 0.15) is 0 Å². The van der Waals surface area contributed by atoms with E-state index >= 15 is 0 Å². The van der Waals surface area contributed by atoms with Crippen LogP contribution >= 0.6 is 11.6 Å². The van der Waals surface area contributed by atoms with Gasteiger partial charge in [0.2, 0.25) is 5.91 Å². The number of aromatic nitrogens is 2. The highest BCUT2D eigenvalue weighted by molar-refractivity contribution is 6.19. The van der Waals surface area contributed by atoms with Crippen LogP contribution in [0.4, 0.5) is 6.01 Å². The fourth-order valence-electron chi connectivity index (χ4n) is 0.647. The number of rotatable bonds is 3. The number of carbonyl (C=O) groups excluding carboxylic acids is 1. The number of halogens is 1. The van der Waals surface area contributed by atoms with Crippen LogP contribution in [0.5, 0.6) is 0 Å². The topological polar surface area (TPSA) is 68.0 Å². The van der Waals surface area contributed by atoms with Gasteiger partial charge in [-0.15, -0.1) is 11.6 Å². The van der Waals surface area contributed by atoms with Gasteiger partial charge in [-0.2, -0.15) is 4.98 Å². The van der Waals surface area contributed by atoms with Crippen molar-refractivity contribution in [3.63, 3.8) is 0 Å². The van der Waals surface area contributed by atoms with Gasteiger partial charge in [-0.1, -0.05) is 12.1 Å². The van der Waals surface area contributed by atoms with Crippen molar-refractivity contribution >= 4 is 23.5 Å². The summed E-state index contributed by atoms with van der Waals surface area (Å²) in [6.07, 6.45) is 0. The van der Waals surface area contributed by atoms with E-state index in [9.17, 15) is 4.79 Å². The quantitative estimate of drug-likeness (QED) is 0.750. The van der Waals surface area contributed by atoms with Crippen molar-refractivity contribution < 1.29 is 9.32 Å². The predicted molar refractivity (Wildman–Crippen MR) is 47.5 cm³/mol. The number of aryl methyl sites for hydroxylation is 1. The van der Waals surface area contributed by atoms with Crippen LogP contribution in [0.3, 0.4) is 0 Å². The first-order valence-electron chi connectivity index (χ1n) is 3.80. The van der Waals surface area contributed by atoms with Crippen molar-refractivity contribution in [1.29, 1.82) is 0 Å². The average Bonchev–Trinajstić information content (AvgIpc) is 2.49. The molecule has 0 spiro atoms. The molecule has 0 aliphatic rings. The number of carbonyl (C=O) groups is 1. The Balaban J connectivity index is 2.54. The first-order valence-corrected chi connectivity index (χ1v) is 4.34. The summed E-state index contributed by atoms with van der Waals surface area (Å²) in [5, 5.41) is 5.97. The van der Waals surface area contributed by atoms with Crippen LogP contribution < -0.4 is 5.32 Å². The Bertz CT molecular complexity index is 300. The lowest BCUT2D eigenvalue weighted by molar-refractivity contribution is -0.118. The molecule has 1 aromatic rings. The molecule has 1 heterocycles. The molecule has 0 bridgehead atoms. The molecule has 6 heteroatoms. The average molecular weight is 204 g/mol. The zero-order valence-corrected chi connectivity index (χ0v) is 8.13. The summed E-state index contributed by atoms with van der Waals surface area (Å²) < 4.78 is 4.69. The van der Waals surface area contributed by atoms with E-state index in [1.54, 1.807) is 13.8 Å². The van der Waals surface area contributed by atoms with E-state index in [0.29, 0.717) is 5.82 Å². The monoisotopic (exact) mass is 203 g/mol. The Hall–Kier alpha value is -1.10. The molecule has 1 amide bonds. The van der Waals surface area contributed by atoms with E-state index < -0.39 is 0 Å². The first kappa shape index (κ1) is 9.98. The lowest BCUT2D eigenvalue weighted by Gasteiger charge is -2.04. The van der Waals surface area contributed by atoms with Crippen LogP contribution in [0.15, 0.2) is 4.52 Å². The number of alkyl halides is 1. The van der Waals surface area contributed by atoms with Gasteiger partial charge in [-0.05, 0) is 6.92 Å². The van der Waals surface area contributed by atoms with Gasteiger partial charge in [0.15, 0.2) is 5.82 Å². The molecule has 13 heavy (non-hydrogen) atoms. The highest BCUT2D eigenvalue weighted by Crippen LogP contribution is 2.06. The third-order valence-corrected chi connectivity index (χ3v) is 1.90. The fraction of sp³-hybridized carbons (Fsp3) is 0.571. The lowest BCUT2D eigenvalue weighted by Crippen LogP contribution is -2.21. The van der Waals surface area contributed by atoms with Crippen molar-refractivity contribution in [3.8, 4) is 0 Å². The Morgan fingerprint density at radius 3 is 2.92 bits per heavy atom. The highest BCUT2D eigenvalue weighted by Gasteiger charge is 2.14. The van der Waals surface area contributed by atoms with Gasteiger partial charge in [-0.25, -0.2) is 0 Å². The van der Waals surface area contributed by atoms with Gasteiger partial charge in [0.25, 0.3) is 0 Å². The van der Waals surface area contributed by atoms with Crippen LogP contribution in [0.2, 0.25) is 0 Å². The second-order valence-corrected chi connectivity index (χ2v) is 3.00. The maximum Gasteiger partial charge on any atom is 0.328 e. The molecule has 1 aromatic heterocycles. The van der Waals surface area contributed by atoms with Gasteiger partial charge < -0.3 is 4.52 Å². The van der Waals surface area contributed by atoms with Gasteiger partial charge >= 0.3 is 6.01 Å². The van der Waals surface area contributed by atoms with Crippen LogP contribution in [0.25, 0.3) is 0 Å². The smallest absolute Gasteiger partial charge is 0.315 e. The number of anilines is 1. The molecule has 0 aliphatic carbocycles. The first-order chi connectivity index (χ1) is 6.13. The van der Waals surface area contributed by atoms with Crippen LogP contribution in [-0.2, 0) is 4.79 Å². The molecule has 0 radical (unpaired) electrons. The molecule has 1 rings (SSSR count). The molecule has 5 nitrogen and oxygen atoms in total. The molecule has 1 N–H and O–H groups in total. The third-order valence-electron chi connectivity index (χ3n) is 1.44. The Kier molecular flexibility index (Phi) is 3.25. The summed E-state index contributed by atoms with van der Waals surface area (Å²) in [6.45, 7) is 3.38. The van der Waals surface area contributed by atoms with Crippen LogP contribution in [-0.4, -0.2) is 21.9 Å². The standard InChI is InChI=1S/C7H10ClN3O2/c1-4(3-8)6(12)10-7-9-5(2)11-13-7/h4H,3H2,1-2H3,(H,9,10,11,12). The normalized spacial score (nSPS) is 12.5. The Morgan fingerprint density at radius 2 is 2.46 bits per heavy atom. The molecule has 0 saturated carbocycles. The highest BCUT2D eigenvalue weighted by atomic mass is 35.5. The summed E-state index contributed by atoms with van der Waals surface area (Å²) >= 11 is 5.49. The zero-order valence-electron chi connectivity index (χ0n) is 7.37. The Labute approximate surface area is 80.5 Å². The second kappa shape index (κ2) is 4.23. The van der Waals surface area contributed by atoms with E-state index in [1.807, 2.05) is 0 Å². The van der Waals surface area contributed by atoms with Gasteiger partial charge in [0, 0.05) is 11.8 Å². The minimum Gasteiger partial charge on any atom is -0.315 e. The van der Waals surface area contributed by atoms with E-state index in [-0.39, 0.29) is 23.7 Å². The second-order valence-electron chi connectivity index (χ2n) is 2.69. The van der Waals surface area contributed by atoms with Crippen molar-refractivity contribution in [2.75, 3.05) is 11.2 Å². The number of amides is 1. The van der Waals surface area contributed by atoms with E-state index in [0.717, 1.165) is 0 Å². The van der Waals surface area contributed by atoms with Crippen molar-refractivity contribution in [1.82, 2.24) is 10.1 Å². The minimum absolute atomic E-state index is 0.111. The number of nitrogens with one attached hydrogen (secondary N) is 1. The van der Waals surface area contributed by atoms with E-state index in [2.05, 4.69) is 15.5 Å². The summed E-state index contributed by atoms with van der Waals surface area (Å²) in [4.78, 5) is 15.0. The maximum atomic E-state index is 11.2. The minimum atomic E-state index is -0.270. The predicted octanol–water partition coefficient (Wildman–Crippen LogP) is 1.19. The summed E-state index contributed by atoms with van der Waals surface area (Å²) in [6, 6.07) is 0.111. The van der Waals surface area contributed by atoms with Gasteiger partial charge in [-0.3, -0.25) is 10.1 Å². The summed E-state index contributed by atoms with van der Waals surface area (Å²) in [5.74, 6) is 0.250. The molecule has 0 saturated heterocycles. The van der Waals surface area contributed by atoms with Gasteiger partial charge in [0.05, 0.1) is 0 Å². The number of hydrogen-bond acceptors (Lipinski definition) is 4. The van der Waals surface area contributed by atoms with Crippen LogP contribution in [0.1, 0.15) is 12.7 Å². The molecular formula is C7H10ClN3O2. The van der Waals surface area contributed by atoms with E-state index in [1.165, 1.54) is 0 Å². The number of hydrogen-bond donors (Lipinski definition) is 1. The third kappa shape index (κ3) is 2.69. The Morgan fingerprint density at radius 1 is 1.77 bits per heavy atom. The molecule has 0 aromatic carbocycles. The maximum absolute atomic E-state index is 11.2. The molecule has 1 atom stereocenters. The van der Waals surface area contributed by atoms with E-state index in [4.69, 9.17) is 16.1 Å². The largest absolute Gasteiger partial charge is 0.328 e. The van der Waals surface area contributed by atoms with Crippen molar-refractivity contribution in [2.45, 2.75) is 13.8 Å². The summed E-state index contributed by atoms with van der Waals surface area (Å²) in [7, 11) is 0. The van der Waals surface area contributed by atoms with Crippen molar-refractivity contribution in [3.05, 3.63) is 5.82 Å². The zero-order chi connectivity index (χ0) is 9.84. The van der Waals surface area contributed by atoms with Crippen molar-refractivity contribution in [2.24, 2.45) is 5.92 Å². The number of nitrogens with zero attached hydrogens (tertiary/aromatic N) is 2. The molecule has 0 aliphatic heterocycles. The molecule has 72 valence electrons. The van der Waals surface area contributed by atoms with Crippen LogP contribution in [0, 0.1) is 12.8 Å². The SMILES string of the molecule is Cc1noc(NC(=O)C(C)CCl)n1.